The van der Waals surface area contributed by atoms with Gasteiger partial charge < -0.3 is 10.2 Å². The number of piperidine rings is 2. The van der Waals surface area contributed by atoms with Gasteiger partial charge in [0, 0.05) is 44.2 Å². The van der Waals surface area contributed by atoms with E-state index in [1.807, 2.05) is 12.1 Å². The lowest BCUT2D eigenvalue weighted by molar-refractivity contribution is -0.136. The number of nitrogens with one attached hydrogen (secondary N) is 2. The van der Waals surface area contributed by atoms with E-state index in [1.54, 1.807) is 4.90 Å². The van der Waals surface area contributed by atoms with E-state index in [0.717, 1.165) is 37.7 Å². The number of carbonyl (C=O) groups excluding carboxylic acids is 3. The van der Waals surface area contributed by atoms with E-state index < -0.39 is 6.04 Å². The molecule has 0 spiro atoms. The van der Waals surface area contributed by atoms with E-state index >= 15 is 0 Å². The molecule has 4 aliphatic heterocycles. The van der Waals surface area contributed by atoms with Crippen molar-refractivity contribution in [1.82, 2.24) is 20.4 Å². The molecule has 3 saturated heterocycles. The second-order valence-electron chi connectivity index (χ2n) is 8.09. The monoisotopic (exact) mass is 368 g/mol. The highest BCUT2D eigenvalue weighted by Crippen LogP contribution is 2.34. The highest BCUT2D eigenvalue weighted by Gasteiger charge is 2.42. The van der Waals surface area contributed by atoms with Crippen molar-refractivity contribution in [2.24, 2.45) is 5.92 Å². The van der Waals surface area contributed by atoms with Crippen molar-refractivity contribution in [2.45, 2.75) is 44.4 Å². The average molecular weight is 368 g/mol. The Morgan fingerprint density at radius 3 is 2.85 bits per heavy atom. The molecule has 1 unspecified atom stereocenters. The van der Waals surface area contributed by atoms with E-state index in [0.29, 0.717) is 24.6 Å². The normalized spacial score (nSPS) is 30.6. The highest BCUT2D eigenvalue weighted by molar-refractivity contribution is 6.05. The van der Waals surface area contributed by atoms with Gasteiger partial charge in [-0.05, 0) is 42.5 Å². The molecular formula is C20H24N4O3. The lowest BCUT2D eigenvalue weighted by Crippen LogP contribution is -2.62. The maximum Gasteiger partial charge on any atom is 0.255 e. The van der Waals surface area contributed by atoms with Gasteiger partial charge >= 0.3 is 0 Å². The van der Waals surface area contributed by atoms with Crippen LogP contribution in [0.5, 0.6) is 0 Å². The smallest absolute Gasteiger partial charge is 0.255 e. The van der Waals surface area contributed by atoms with E-state index in [4.69, 9.17) is 0 Å². The number of hydrogen-bond acceptors (Lipinski definition) is 5. The summed E-state index contributed by atoms with van der Waals surface area (Å²) in [5.74, 6) is 0.0918. The second kappa shape index (κ2) is 6.42. The molecule has 3 fully saturated rings. The molecule has 3 amide bonds. The fourth-order valence-corrected chi connectivity index (χ4v) is 5.03. The van der Waals surface area contributed by atoms with E-state index in [2.05, 4.69) is 21.6 Å². The molecule has 142 valence electrons. The molecule has 2 N–H and O–H groups in total. The molecule has 0 aromatic heterocycles. The lowest BCUT2D eigenvalue weighted by Gasteiger charge is -2.51. The van der Waals surface area contributed by atoms with Gasteiger partial charge in [0.25, 0.3) is 5.91 Å². The topological polar surface area (TPSA) is 81.8 Å². The third-order valence-corrected chi connectivity index (χ3v) is 6.58. The molecular weight excluding hydrogens is 344 g/mol. The van der Waals surface area contributed by atoms with Gasteiger partial charge in [-0.2, -0.15) is 0 Å². The summed E-state index contributed by atoms with van der Waals surface area (Å²) in [6, 6.07) is 5.94. The summed E-state index contributed by atoms with van der Waals surface area (Å²) >= 11 is 0. The summed E-state index contributed by atoms with van der Waals surface area (Å²) in [6.07, 6.45) is 1.93. The Morgan fingerprint density at radius 1 is 1.15 bits per heavy atom. The number of nitrogens with zero attached hydrogens (tertiary/aromatic N) is 2. The first-order valence-corrected chi connectivity index (χ1v) is 9.82. The number of rotatable bonds is 3. The third kappa shape index (κ3) is 2.76. The minimum atomic E-state index is -0.550. The predicted molar refractivity (Wildman–Crippen MR) is 97.7 cm³/mol. The third-order valence-electron chi connectivity index (χ3n) is 6.58. The zero-order valence-corrected chi connectivity index (χ0v) is 15.2. The number of imide groups is 1. The SMILES string of the molecule is O=C1CCC(N2Cc3c(CN4C[C@H]5CCNC[C@H]54)cccc3C2=O)C(=O)N1. The molecule has 1 aromatic carbocycles. The second-order valence-corrected chi connectivity index (χ2v) is 8.09. The van der Waals surface area contributed by atoms with Gasteiger partial charge in [0.15, 0.2) is 0 Å². The van der Waals surface area contributed by atoms with Crippen molar-refractivity contribution in [1.29, 1.82) is 0 Å². The molecule has 0 radical (unpaired) electrons. The Balaban J connectivity index is 1.35. The Labute approximate surface area is 158 Å². The molecule has 5 rings (SSSR count). The van der Waals surface area contributed by atoms with Crippen molar-refractivity contribution >= 4 is 17.7 Å². The molecule has 7 heteroatoms. The molecule has 3 atom stereocenters. The van der Waals surface area contributed by atoms with E-state index in [9.17, 15) is 14.4 Å². The van der Waals surface area contributed by atoms with Gasteiger partial charge in [-0.15, -0.1) is 0 Å². The summed E-state index contributed by atoms with van der Waals surface area (Å²) in [4.78, 5) is 40.7. The molecule has 0 aliphatic carbocycles. The highest BCUT2D eigenvalue weighted by atomic mass is 16.2. The minimum absolute atomic E-state index is 0.0952. The van der Waals surface area contributed by atoms with Crippen molar-refractivity contribution in [3.05, 3.63) is 34.9 Å². The van der Waals surface area contributed by atoms with Crippen molar-refractivity contribution in [3.8, 4) is 0 Å². The van der Waals surface area contributed by atoms with E-state index in [1.165, 1.54) is 12.0 Å². The fourth-order valence-electron chi connectivity index (χ4n) is 5.03. The number of benzene rings is 1. The number of fused-ring (bicyclic) bond motifs is 2. The number of likely N-dealkylation sites (tertiary alicyclic amines) is 1. The predicted octanol–water partition coefficient (Wildman–Crippen LogP) is 0.241. The van der Waals surface area contributed by atoms with Crippen molar-refractivity contribution in [2.75, 3.05) is 19.6 Å². The quantitative estimate of drug-likeness (QED) is 0.747. The molecule has 7 nitrogen and oxygen atoms in total. The van der Waals surface area contributed by atoms with Crippen molar-refractivity contribution in [3.63, 3.8) is 0 Å². The molecule has 1 aromatic rings. The molecule has 4 aliphatic rings. The first kappa shape index (κ1) is 16.9. The Morgan fingerprint density at radius 2 is 2.04 bits per heavy atom. The van der Waals surface area contributed by atoms with Crippen LogP contribution in [0.2, 0.25) is 0 Å². The van der Waals surface area contributed by atoms with Crippen LogP contribution in [0, 0.1) is 5.92 Å². The summed E-state index contributed by atoms with van der Waals surface area (Å²) in [5, 5.41) is 5.84. The number of amides is 3. The van der Waals surface area contributed by atoms with Gasteiger partial charge in [0.1, 0.15) is 6.04 Å². The molecule has 27 heavy (non-hydrogen) atoms. The minimum Gasteiger partial charge on any atom is -0.322 e. The molecule has 0 saturated carbocycles. The Bertz CT molecular complexity index is 823. The van der Waals surface area contributed by atoms with Crippen LogP contribution in [-0.4, -0.2) is 59.2 Å². The van der Waals surface area contributed by atoms with Gasteiger partial charge in [0.2, 0.25) is 11.8 Å². The van der Waals surface area contributed by atoms with Crippen LogP contribution >= 0.6 is 0 Å². The standard InChI is InChI=1S/C20H24N4O3/c25-18-5-4-16(19(26)22-18)24-11-15-12(2-1-3-14(15)20(24)27)9-23-10-13-6-7-21-8-17(13)23/h1-3,13,16-17,21H,4-11H2,(H,22,25,26)/t13-,16?,17-/m1/s1. The fraction of sp³-hybridized carbons (Fsp3) is 0.550. The number of hydrogen-bond donors (Lipinski definition) is 2. The lowest BCUT2D eigenvalue weighted by atomic mass is 9.82. The largest absolute Gasteiger partial charge is 0.322 e. The summed E-state index contributed by atoms with van der Waals surface area (Å²) in [6.45, 7) is 4.59. The van der Waals surface area contributed by atoms with Crippen LogP contribution in [0.15, 0.2) is 18.2 Å². The Hall–Kier alpha value is -2.25. The zero-order valence-electron chi connectivity index (χ0n) is 15.2. The first-order valence-electron chi connectivity index (χ1n) is 9.82. The van der Waals surface area contributed by atoms with Gasteiger partial charge in [-0.3, -0.25) is 24.6 Å². The maximum absolute atomic E-state index is 12.9. The van der Waals surface area contributed by atoms with Gasteiger partial charge in [-0.25, -0.2) is 0 Å². The van der Waals surface area contributed by atoms with Crippen LogP contribution in [-0.2, 0) is 22.7 Å². The summed E-state index contributed by atoms with van der Waals surface area (Å²) < 4.78 is 0. The first-order chi connectivity index (χ1) is 13.1. The zero-order chi connectivity index (χ0) is 18.5. The van der Waals surface area contributed by atoms with Crippen LogP contribution in [0.1, 0.15) is 40.7 Å². The molecule has 4 heterocycles. The average Bonchev–Trinajstić information content (AvgIpc) is 2.97. The van der Waals surface area contributed by atoms with Crippen LogP contribution in [0.3, 0.4) is 0 Å². The maximum atomic E-state index is 12.9. The van der Waals surface area contributed by atoms with Crippen LogP contribution in [0.4, 0.5) is 0 Å². The Kier molecular flexibility index (Phi) is 4.02. The van der Waals surface area contributed by atoms with Crippen molar-refractivity contribution < 1.29 is 14.4 Å². The van der Waals surface area contributed by atoms with Crippen LogP contribution in [0.25, 0.3) is 0 Å². The van der Waals surface area contributed by atoms with Crippen LogP contribution < -0.4 is 10.6 Å². The summed E-state index contributed by atoms with van der Waals surface area (Å²) in [5.41, 5.74) is 2.93. The number of carbonyl (C=O) groups is 3. The molecule has 0 bridgehead atoms. The summed E-state index contributed by atoms with van der Waals surface area (Å²) in [7, 11) is 0. The van der Waals surface area contributed by atoms with E-state index in [-0.39, 0.29) is 24.1 Å². The van der Waals surface area contributed by atoms with Gasteiger partial charge in [-0.1, -0.05) is 12.1 Å². The van der Waals surface area contributed by atoms with Gasteiger partial charge in [0.05, 0.1) is 0 Å².